The molecule has 1 N–H and O–H groups in total. The van der Waals surface area contributed by atoms with E-state index in [4.69, 9.17) is 4.74 Å². The van der Waals surface area contributed by atoms with E-state index in [1.165, 1.54) is 62.9 Å². The van der Waals surface area contributed by atoms with Gasteiger partial charge < -0.3 is 15.0 Å². The van der Waals surface area contributed by atoms with Gasteiger partial charge in [0, 0.05) is 37.5 Å². The average molecular weight is 405 g/mol. The summed E-state index contributed by atoms with van der Waals surface area (Å²) in [4.78, 5) is 2.48. The molecule has 1 heterocycles. The molecule has 0 spiro atoms. The van der Waals surface area contributed by atoms with Gasteiger partial charge in [0.05, 0.1) is 0 Å². The Morgan fingerprint density at radius 3 is 2.40 bits per heavy atom. The van der Waals surface area contributed by atoms with Crippen molar-refractivity contribution in [2.75, 3.05) is 37.7 Å². The van der Waals surface area contributed by atoms with Crippen molar-refractivity contribution in [2.24, 2.45) is 0 Å². The monoisotopic (exact) mass is 404 g/mol. The van der Waals surface area contributed by atoms with Gasteiger partial charge in [-0.3, -0.25) is 0 Å². The zero-order valence-corrected chi connectivity index (χ0v) is 18.2. The van der Waals surface area contributed by atoms with E-state index < -0.39 is 0 Å². The van der Waals surface area contributed by atoms with Crippen LogP contribution in [0.5, 0.6) is 0 Å². The minimum atomic E-state index is 0.520. The summed E-state index contributed by atoms with van der Waals surface area (Å²) in [5.41, 5.74) is 3.75. The molecule has 3 heteroatoms. The Labute approximate surface area is 182 Å². The van der Waals surface area contributed by atoms with Crippen LogP contribution in [0.3, 0.4) is 0 Å². The largest absolute Gasteiger partial charge is 0.372 e. The minimum Gasteiger partial charge on any atom is -0.372 e. The zero-order valence-electron chi connectivity index (χ0n) is 18.2. The number of nitrogens with one attached hydrogen (secondary N) is 1. The van der Waals surface area contributed by atoms with Gasteiger partial charge in [0.15, 0.2) is 0 Å². The molecule has 0 aromatic heterocycles. The van der Waals surface area contributed by atoms with Gasteiger partial charge in [-0.1, -0.05) is 55.0 Å². The highest BCUT2D eigenvalue weighted by Gasteiger charge is 2.09. The molecule has 0 saturated carbocycles. The van der Waals surface area contributed by atoms with Crippen LogP contribution < -0.4 is 10.2 Å². The summed E-state index contributed by atoms with van der Waals surface area (Å²) >= 11 is 0. The Kier molecular flexibility index (Phi) is 10.3. The van der Waals surface area contributed by atoms with Gasteiger partial charge in [0.1, 0.15) is 6.61 Å². The summed E-state index contributed by atoms with van der Waals surface area (Å²) in [7, 11) is 0. The highest BCUT2D eigenvalue weighted by atomic mass is 16.5. The maximum absolute atomic E-state index is 5.66. The van der Waals surface area contributed by atoms with Gasteiger partial charge in [-0.05, 0) is 68.5 Å². The predicted molar refractivity (Wildman–Crippen MR) is 127 cm³/mol. The van der Waals surface area contributed by atoms with Crippen molar-refractivity contribution in [1.82, 2.24) is 5.32 Å². The fourth-order valence-electron chi connectivity index (χ4n) is 3.81. The van der Waals surface area contributed by atoms with Gasteiger partial charge in [-0.15, -0.1) is 0 Å². The van der Waals surface area contributed by atoms with Crippen molar-refractivity contribution in [3.05, 3.63) is 65.7 Å². The molecular weight excluding hydrogens is 368 g/mol. The summed E-state index contributed by atoms with van der Waals surface area (Å²) in [6.45, 7) is 5.74. The Bertz CT molecular complexity index is 755. The lowest BCUT2D eigenvalue weighted by Crippen LogP contribution is -2.29. The molecule has 3 rings (SSSR count). The topological polar surface area (TPSA) is 24.5 Å². The summed E-state index contributed by atoms with van der Waals surface area (Å²) < 4.78 is 5.66. The number of nitrogens with zero attached hydrogens (tertiary/aromatic N) is 1. The Balaban J connectivity index is 1.17. The van der Waals surface area contributed by atoms with Crippen LogP contribution in [0.2, 0.25) is 0 Å². The molecule has 0 unspecified atom stereocenters. The van der Waals surface area contributed by atoms with Crippen molar-refractivity contribution in [3.8, 4) is 11.8 Å². The number of ether oxygens (including phenoxy) is 1. The lowest BCUT2D eigenvalue weighted by molar-refractivity contribution is 0.162. The molecule has 1 aliphatic rings. The molecule has 0 radical (unpaired) electrons. The Hall–Kier alpha value is -2.28. The second-order valence-electron chi connectivity index (χ2n) is 8.03. The molecule has 0 aliphatic carbocycles. The van der Waals surface area contributed by atoms with Crippen LogP contribution in [-0.4, -0.2) is 32.8 Å². The van der Waals surface area contributed by atoms with Gasteiger partial charge in [-0.25, -0.2) is 0 Å². The number of hydrogen-bond donors (Lipinski definition) is 1. The van der Waals surface area contributed by atoms with E-state index in [1.807, 2.05) is 0 Å². The van der Waals surface area contributed by atoms with Crippen LogP contribution in [0.1, 0.15) is 56.1 Å². The molecule has 0 bridgehead atoms. The number of piperidine rings is 1. The normalized spacial score (nSPS) is 13.7. The average Bonchev–Trinajstić information content (AvgIpc) is 2.81. The maximum atomic E-state index is 5.66. The van der Waals surface area contributed by atoms with E-state index in [0.717, 1.165) is 31.7 Å². The van der Waals surface area contributed by atoms with Gasteiger partial charge in [0.25, 0.3) is 0 Å². The molecule has 2 aromatic carbocycles. The summed E-state index contributed by atoms with van der Waals surface area (Å²) in [5.74, 6) is 6.35. The van der Waals surface area contributed by atoms with Crippen LogP contribution in [0.4, 0.5) is 5.69 Å². The molecular formula is C27H36N2O. The third-order valence-electron chi connectivity index (χ3n) is 5.56. The number of rotatable bonds is 11. The fourth-order valence-corrected chi connectivity index (χ4v) is 3.81. The first-order valence-corrected chi connectivity index (χ1v) is 11.6. The number of benzene rings is 2. The van der Waals surface area contributed by atoms with Crippen molar-refractivity contribution in [3.63, 3.8) is 0 Å². The third kappa shape index (κ3) is 8.61. The van der Waals surface area contributed by atoms with Crippen molar-refractivity contribution >= 4 is 5.69 Å². The first kappa shape index (κ1) is 22.4. The predicted octanol–water partition coefficient (Wildman–Crippen LogP) is 5.40. The number of anilines is 1. The lowest BCUT2D eigenvalue weighted by Gasteiger charge is -2.28. The van der Waals surface area contributed by atoms with Gasteiger partial charge in [0.2, 0.25) is 0 Å². The maximum Gasteiger partial charge on any atom is 0.108 e. The second kappa shape index (κ2) is 13.9. The highest BCUT2D eigenvalue weighted by Crippen LogP contribution is 2.19. The number of unbranched alkanes of at least 4 members (excludes halogenated alkanes) is 3. The zero-order chi connectivity index (χ0) is 20.7. The summed E-state index contributed by atoms with van der Waals surface area (Å²) in [6, 6.07) is 19.2. The van der Waals surface area contributed by atoms with Gasteiger partial charge >= 0.3 is 0 Å². The second-order valence-corrected chi connectivity index (χ2v) is 8.03. The van der Waals surface area contributed by atoms with E-state index >= 15 is 0 Å². The lowest BCUT2D eigenvalue weighted by atomic mass is 10.1. The van der Waals surface area contributed by atoms with Crippen molar-refractivity contribution in [2.45, 2.75) is 51.5 Å². The van der Waals surface area contributed by atoms with Crippen LogP contribution in [0.15, 0.2) is 54.6 Å². The van der Waals surface area contributed by atoms with Crippen LogP contribution in [0.25, 0.3) is 0 Å². The molecule has 1 saturated heterocycles. The van der Waals surface area contributed by atoms with E-state index in [0.29, 0.717) is 6.61 Å². The summed E-state index contributed by atoms with van der Waals surface area (Å²) in [5, 5.41) is 3.51. The smallest absolute Gasteiger partial charge is 0.108 e. The first-order valence-electron chi connectivity index (χ1n) is 11.6. The minimum absolute atomic E-state index is 0.520. The van der Waals surface area contributed by atoms with E-state index in [-0.39, 0.29) is 0 Å². The van der Waals surface area contributed by atoms with E-state index in [9.17, 15) is 0 Å². The fraction of sp³-hybridized carbons (Fsp3) is 0.481. The molecule has 1 fully saturated rings. The Morgan fingerprint density at radius 1 is 0.833 bits per heavy atom. The standard InChI is InChI=1S/C27H36N2O/c1(7-19-28-24-26-12-5-3-6-13-26)2-10-22-30-23-11-14-25-15-17-27(18-16-25)29-20-8-4-9-21-29/h3,5-6,12-13,15-18,28H,1-2,4,7-10,19-24H2. The van der Waals surface area contributed by atoms with Crippen LogP contribution in [-0.2, 0) is 11.3 Å². The molecule has 1 aliphatic heterocycles. The van der Waals surface area contributed by atoms with Crippen molar-refractivity contribution in [1.29, 1.82) is 0 Å². The first-order chi connectivity index (χ1) is 14.9. The summed E-state index contributed by atoms with van der Waals surface area (Å²) in [6.07, 6.45) is 8.80. The third-order valence-corrected chi connectivity index (χ3v) is 5.56. The molecule has 30 heavy (non-hydrogen) atoms. The van der Waals surface area contributed by atoms with Crippen LogP contribution in [0, 0.1) is 11.8 Å². The van der Waals surface area contributed by atoms with Gasteiger partial charge in [-0.2, -0.15) is 0 Å². The van der Waals surface area contributed by atoms with E-state index in [1.54, 1.807) is 0 Å². The number of hydrogen-bond acceptors (Lipinski definition) is 3. The van der Waals surface area contributed by atoms with E-state index in [2.05, 4.69) is 76.7 Å². The van der Waals surface area contributed by atoms with Crippen molar-refractivity contribution < 1.29 is 4.74 Å². The molecule has 0 atom stereocenters. The Morgan fingerprint density at radius 2 is 1.60 bits per heavy atom. The quantitative estimate of drug-likeness (QED) is 0.401. The molecule has 3 nitrogen and oxygen atoms in total. The SMILES string of the molecule is C(#Cc1ccc(N2CCCCC2)cc1)COCCCCCCNCc1ccccc1. The van der Waals surface area contributed by atoms with Crippen LogP contribution >= 0.6 is 0 Å². The highest BCUT2D eigenvalue weighted by molar-refractivity contribution is 5.50. The molecule has 160 valence electrons. The molecule has 0 amide bonds. The molecule has 2 aromatic rings.